The highest BCUT2D eigenvalue weighted by Gasteiger charge is 2.18. The van der Waals surface area contributed by atoms with Crippen molar-refractivity contribution in [1.29, 1.82) is 0 Å². The van der Waals surface area contributed by atoms with Crippen LogP contribution in [-0.2, 0) is 16.8 Å². The summed E-state index contributed by atoms with van der Waals surface area (Å²) in [5.41, 5.74) is 0.786. The molecule has 112 valence electrons. The normalized spacial score (nSPS) is 13.9. The van der Waals surface area contributed by atoms with E-state index >= 15 is 0 Å². The molecule has 1 aromatic carbocycles. The van der Waals surface area contributed by atoms with Gasteiger partial charge in [0.25, 0.3) is 10.2 Å². The molecule has 1 heterocycles. The summed E-state index contributed by atoms with van der Waals surface area (Å²) in [6.45, 7) is 0.589. The number of nitrogens with zero attached hydrogens (tertiary/aromatic N) is 1. The lowest BCUT2D eigenvalue weighted by atomic mass is 10.2. The minimum Gasteiger partial charge on any atom is -0.454 e. The van der Waals surface area contributed by atoms with Gasteiger partial charge in [-0.2, -0.15) is 17.4 Å². The highest BCUT2D eigenvalue weighted by Crippen LogP contribution is 2.32. The number of hydrogen-bond donors (Lipinski definition) is 2. The molecule has 0 aliphatic carbocycles. The molecule has 2 rings (SSSR count). The van der Waals surface area contributed by atoms with Crippen LogP contribution in [0.1, 0.15) is 12.0 Å². The van der Waals surface area contributed by atoms with E-state index in [4.69, 9.17) is 14.6 Å². The maximum Gasteiger partial charge on any atom is 0.279 e. The van der Waals surface area contributed by atoms with Crippen LogP contribution in [-0.4, -0.2) is 44.8 Å². The quantitative estimate of drug-likeness (QED) is 0.744. The summed E-state index contributed by atoms with van der Waals surface area (Å²) in [4.78, 5) is 0. The van der Waals surface area contributed by atoms with Crippen LogP contribution in [0.15, 0.2) is 18.2 Å². The third-order valence-electron chi connectivity index (χ3n) is 2.94. The van der Waals surface area contributed by atoms with Crippen molar-refractivity contribution in [1.82, 2.24) is 9.03 Å². The molecular weight excluding hydrogens is 284 g/mol. The molecule has 0 saturated carbocycles. The van der Waals surface area contributed by atoms with E-state index in [1.807, 2.05) is 0 Å². The lowest BCUT2D eigenvalue weighted by Gasteiger charge is -2.17. The number of fused-ring (bicyclic) bond motifs is 1. The Bertz CT molecular complexity index is 561. The van der Waals surface area contributed by atoms with E-state index in [1.54, 1.807) is 18.2 Å². The summed E-state index contributed by atoms with van der Waals surface area (Å²) in [7, 11) is -2.07. The first-order valence-electron chi connectivity index (χ1n) is 6.23. The van der Waals surface area contributed by atoms with Crippen molar-refractivity contribution < 1.29 is 23.0 Å². The van der Waals surface area contributed by atoms with Crippen molar-refractivity contribution in [3.05, 3.63) is 23.8 Å². The number of aliphatic hydroxyl groups is 1. The second kappa shape index (κ2) is 6.40. The van der Waals surface area contributed by atoms with E-state index in [-0.39, 0.29) is 26.5 Å². The van der Waals surface area contributed by atoms with Gasteiger partial charge < -0.3 is 14.6 Å². The molecule has 0 unspecified atom stereocenters. The molecule has 0 atom stereocenters. The SMILES string of the molecule is CN(CCCO)S(=O)(=O)NCc1ccc2c(c1)OCO2. The molecule has 0 bridgehead atoms. The molecule has 0 spiro atoms. The first kappa shape index (κ1) is 15.0. The van der Waals surface area contributed by atoms with E-state index in [2.05, 4.69) is 4.72 Å². The molecule has 0 saturated heterocycles. The van der Waals surface area contributed by atoms with Crippen LogP contribution in [0.5, 0.6) is 11.5 Å². The van der Waals surface area contributed by atoms with Crippen molar-refractivity contribution in [3.63, 3.8) is 0 Å². The highest BCUT2D eigenvalue weighted by atomic mass is 32.2. The Morgan fingerprint density at radius 2 is 2.10 bits per heavy atom. The number of nitrogens with one attached hydrogen (secondary N) is 1. The van der Waals surface area contributed by atoms with Gasteiger partial charge in [0.2, 0.25) is 6.79 Å². The Kier molecular flexibility index (Phi) is 4.81. The average Bonchev–Trinajstić information content (AvgIpc) is 2.90. The van der Waals surface area contributed by atoms with Crippen molar-refractivity contribution in [3.8, 4) is 11.5 Å². The standard InChI is InChI=1S/C12H18N2O5S/c1-14(5-2-6-15)20(16,17)13-8-10-3-4-11-12(7-10)19-9-18-11/h3-4,7,13,15H,2,5-6,8-9H2,1H3. The highest BCUT2D eigenvalue weighted by molar-refractivity contribution is 7.87. The third-order valence-corrected chi connectivity index (χ3v) is 4.45. The average molecular weight is 302 g/mol. The van der Waals surface area contributed by atoms with Gasteiger partial charge in [-0.05, 0) is 24.1 Å². The second-order valence-electron chi connectivity index (χ2n) is 4.41. The maximum absolute atomic E-state index is 11.9. The summed E-state index contributed by atoms with van der Waals surface area (Å²) in [6, 6.07) is 5.28. The van der Waals surface area contributed by atoms with Gasteiger partial charge in [0.05, 0.1) is 0 Å². The van der Waals surface area contributed by atoms with Crippen molar-refractivity contribution in [2.24, 2.45) is 0 Å². The van der Waals surface area contributed by atoms with Crippen molar-refractivity contribution in [2.45, 2.75) is 13.0 Å². The Hall–Kier alpha value is -1.35. The van der Waals surface area contributed by atoms with Gasteiger partial charge in [-0.3, -0.25) is 0 Å². The summed E-state index contributed by atoms with van der Waals surface area (Å²) in [5.74, 6) is 1.28. The van der Waals surface area contributed by atoms with Crippen LogP contribution in [0.25, 0.3) is 0 Å². The first-order chi connectivity index (χ1) is 9.53. The van der Waals surface area contributed by atoms with Gasteiger partial charge in [-0.1, -0.05) is 6.07 Å². The predicted molar refractivity (Wildman–Crippen MR) is 72.7 cm³/mol. The fraction of sp³-hybridized carbons (Fsp3) is 0.500. The fourth-order valence-corrected chi connectivity index (χ4v) is 2.69. The van der Waals surface area contributed by atoms with E-state index in [1.165, 1.54) is 11.4 Å². The van der Waals surface area contributed by atoms with E-state index in [9.17, 15) is 8.42 Å². The molecule has 7 nitrogen and oxygen atoms in total. The summed E-state index contributed by atoms with van der Waals surface area (Å²) in [5, 5.41) is 8.71. The van der Waals surface area contributed by atoms with E-state index in [0.717, 1.165) is 5.56 Å². The van der Waals surface area contributed by atoms with E-state index in [0.29, 0.717) is 17.9 Å². The van der Waals surface area contributed by atoms with Crippen LogP contribution >= 0.6 is 0 Å². The van der Waals surface area contributed by atoms with Gasteiger partial charge in [0.1, 0.15) is 0 Å². The smallest absolute Gasteiger partial charge is 0.279 e. The predicted octanol–water partition coefficient (Wildman–Crippen LogP) is 0.0639. The third kappa shape index (κ3) is 3.60. The van der Waals surface area contributed by atoms with Crippen LogP contribution in [0, 0.1) is 0 Å². The van der Waals surface area contributed by atoms with Gasteiger partial charge >= 0.3 is 0 Å². The fourth-order valence-electron chi connectivity index (χ4n) is 1.75. The molecule has 0 fully saturated rings. The Morgan fingerprint density at radius 1 is 1.35 bits per heavy atom. The van der Waals surface area contributed by atoms with Crippen LogP contribution in [0.4, 0.5) is 0 Å². The van der Waals surface area contributed by atoms with Crippen LogP contribution < -0.4 is 14.2 Å². The Labute approximate surface area is 118 Å². The zero-order chi connectivity index (χ0) is 14.6. The molecule has 0 radical (unpaired) electrons. The maximum atomic E-state index is 11.9. The van der Waals surface area contributed by atoms with Gasteiger partial charge in [-0.15, -0.1) is 0 Å². The molecule has 1 aromatic rings. The zero-order valence-electron chi connectivity index (χ0n) is 11.2. The number of rotatable bonds is 7. The number of aliphatic hydroxyl groups excluding tert-OH is 1. The largest absolute Gasteiger partial charge is 0.454 e. The van der Waals surface area contributed by atoms with Crippen LogP contribution in [0.3, 0.4) is 0 Å². The second-order valence-corrected chi connectivity index (χ2v) is 6.27. The lowest BCUT2D eigenvalue weighted by molar-refractivity contribution is 0.174. The van der Waals surface area contributed by atoms with Crippen molar-refractivity contribution in [2.75, 3.05) is 27.0 Å². The van der Waals surface area contributed by atoms with Gasteiger partial charge in [0, 0.05) is 26.7 Å². The molecule has 1 aliphatic rings. The van der Waals surface area contributed by atoms with Crippen molar-refractivity contribution >= 4 is 10.2 Å². The first-order valence-corrected chi connectivity index (χ1v) is 7.67. The van der Waals surface area contributed by atoms with Crippen LogP contribution in [0.2, 0.25) is 0 Å². The molecule has 0 amide bonds. The topological polar surface area (TPSA) is 88.1 Å². The Balaban J connectivity index is 1.94. The Morgan fingerprint density at radius 3 is 2.85 bits per heavy atom. The van der Waals surface area contributed by atoms with Gasteiger partial charge in [0.15, 0.2) is 11.5 Å². The summed E-state index contributed by atoms with van der Waals surface area (Å²) in [6.07, 6.45) is 0.404. The number of hydrogen-bond acceptors (Lipinski definition) is 5. The minimum absolute atomic E-state index is 0.0397. The monoisotopic (exact) mass is 302 g/mol. The molecule has 8 heteroatoms. The number of ether oxygens (including phenoxy) is 2. The molecule has 20 heavy (non-hydrogen) atoms. The summed E-state index contributed by atoms with van der Waals surface area (Å²) < 4.78 is 37.9. The molecule has 1 aliphatic heterocycles. The molecular formula is C12H18N2O5S. The minimum atomic E-state index is -3.54. The lowest BCUT2D eigenvalue weighted by Crippen LogP contribution is -2.38. The molecule has 2 N–H and O–H groups in total. The van der Waals surface area contributed by atoms with Gasteiger partial charge in [-0.25, -0.2) is 0 Å². The number of benzene rings is 1. The summed E-state index contributed by atoms with van der Waals surface area (Å²) >= 11 is 0. The zero-order valence-corrected chi connectivity index (χ0v) is 12.0. The van der Waals surface area contributed by atoms with E-state index < -0.39 is 10.2 Å². The molecule has 0 aromatic heterocycles.